The maximum Gasteiger partial charge on any atom is 0.115 e. The summed E-state index contributed by atoms with van der Waals surface area (Å²) in [6, 6.07) is 29.6. The number of hydrogen-bond acceptors (Lipinski definition) is 6. The third-order valence-corrected chi connectivity index (χ3v) is 6.68. The molecule has 37 heavy (non-hydrogen) atoms. The molecule has 4 rings (SSSR count). The topological polar surface area (TPSA) is 77.4 Å². The molecule has 198 valence electrons. The minimum Gasteiger partial charge on any atom is -0.390 e. The zero-order valence-electron chi connectivity index (χ0n) is 21.6. The van der Waals surface area contributed by atoms with Gasteiger partial charge in [-0.2, -0.15) is 0 Å². The quantitative estimate of drug-likeness (QED) is 0.376. The molecule has 0 aromatic heterocycles. The molecule has 0 saturated carbocycles. The largest absolute Gasteiger partial charge is 0.390 e. The lowest BCUT2D eigenvalue weighted by Gasteiger charge is -2.46. The lowest BCUT2D eigenvalue weighted by atomic mass is 9.88. The zero-order chi connectivity index (χ0) is 26.0. The van der Waals surface area contributed by atoms with Crippen molar-refractivity contribution in [2.24, 2.45) is 5.92 Å². The third kappa shape index (κ3) is 7.71. The van der Waals surface area contributed by atoms with Crippen LogP contribution in [0.1, 0.15) is 30.5 Å². The highest BCUT2D eigenvalue weighted by molar-refractivity contribution is 5.15. The fraction of sp³-hybridized carbons (Fsp3) is 0.419. The first-order valence-corrected chi connectivity index (χ1v) is 13.0. The van der Waals surface area contributed by atoms with Gasteiger partial charge in [0.15, 0.2) is 0 Å². The van der Waals surface area contributed by atoms with E-state index in [1.54, 1.807) is 0 Å². The summed E-state index contributed by atoms with van der Waals surface area (Å²) in [6.45, 7) is 5.09. The Labute approximate surface area is 219 Å². The molecule has 0 radical (unpaired) electrons. The standard InChI is InChI=1S/C31H38O6/c1-22(2)27(32)30-28(33)31(36-20-25-16-10-5-11-17-25)29(35-19-24-14-8-4-9-15-24)26(37-30)21-34-18-23-12-6-3-7-13-23/h3-17,22,26-33H,18-21H2,1-2H3/t26-,27+,28+,29-,30+,31-/m1/s1. The van der Waals surface area contributed by atoms with Crippen LogP contribution in [0.5, 0.6) is 0 Å². The van der Waals surface area contributed by atoms with E-state index in [1.807, 2.05) is 105 Å². The summed E-state index contributed by atoms with van der Waals surface area (Å²) in [5, 5.41) is 22.3. The molecular weight excluding hydrogens is 468 g/mol. The molecule has 3 aromatic carbocycles. The van der Waals surface area contributed by atoms with Crippen molar-refractivity contribution in [2.75, 3.05) is 6.61 Å². The number of rotatable bonds is 12. The van der Waals surface area contributed by atoms with Crippen molar-refractivity contribution >= 4 is 0 Å². The van der Waals surface area contributed by atoms with Crippen LogP contribution in [-0.2, 0) is 38.8 Å². The average Bonchev–Trinajstić information content (AvgIpc) is 2.93. The first-order valence-electron chi connectivity index (χ1n) is 13.0. The Morgan fingerprint density at radius 1 is 0.703 bits per heavy atom. The van der Waals surface area contributed by atoms with Crippen LogP contribution in [0.15, 0.2) is 91.0 Å². The van der Waals surface area contributed by atoms with Crippen molar-refractivity contribution in [3.63, 3.8) is 0 Å². The van der Waals surface area contributed by atoms with Gasteiger partial charge in [0.25, 0.3) is 0 Å². The highest BCUT2D eigenvalue weighted by Gasteiger charge is 2.49. The summed E-state index contributed by atoms with van der Waals surface area (Å²) in [7, 11) is 0. The molecule has 0 aliphatic carbocycles. The van der Waals surface area contributed by atoms with Gasteiger partial charge in [-0.15, -0.1) is 0 Å². The van der Waals surface area contributed by atoms with E-state index in [4.69, 9.17) is 18.9 Å². The molecule has 1 fully saturated rings. The lowest BCUT2D eigenvalue weighted by molar-refractivity contribution is -0.278. The third-order valence-electron chi connectivity index (χ3n) is 6.68. The summed E-state index contributed by atoms with van der Waals surface area (Å²) in [6.07, 6.45) is -4.65. The van der Waals surface area contributed by atoms with Gasteiger partial charge in [-0.1, -0.05) is 105 Å². The molecule has 0 amide bonds. The number of ether oxygens (including phenoxy) is 4. The fourth-order valence-electron chi connectivity index (χ4n) is 4.54. The maximum absolute atomic E-state index is 11.4. The van der Waals surface area contributed by atoms with Crippen molar-refractivity contribution in [3.8, 4) is 0 Å². The van der Waals surface area contributed by atoms with Crippen LogP contribution >= 0.6 is 0 Å². The van der Waals surface area contributed by atoms with Crippen LogP contribution < -0.4 is 0 Å². The van der Waals surface area contributed by atoms with Crippen LogP contribution in [0.25, 0.3) is 0 Å². The number of hydrogen-bond donors (Lipinski definition) is 2. The van der Waals surface area contributed by atoms with Crippen LogP contribution in [0.3, 0.4) is 0 Å². The minimum absolute atomic E-state index is 0.109. The molecule has 3 aromatic rings. The first-order chi connectivity index (χ1) is 18.0. The van der Waals surface area contributed by atoms with Crippen molar-refractivity contribution in [2.45, 2.75) is 70.3 Å². The van der Waals surface area contributed by atoms with Crippen molar-refractivity contribution < 1.29 is 29.2 Å². The summed E-state index contributed by atoms with van der Waals surface area (Å²) >= 11 is 0. The normalized spacial score (nSPS) is 24.7. The lowest BCUT2D eigenvalue weighted by Crippen LogP contribution is -2.63. The van der Waals surface area contributed by atoms with Gasteiger partial charge in [-0.25, -0.2) is 0 Å². The van der Waals surface area contributed by atoms with Gasteiger partial charge in [0.1, 0.15) is 30.5 Å². The Kier molecular flexibility index (Phi) is 10.3. The van der Waals surface area contributed by atoms with Gasteiger partial charge < -0.3 is 29.2 Å². The first kappa shape index (κ1) is 27.5. The SMILES string of the molecule is CC(C)[C@H](O)[C@@H]1O[C@H](COCc2ccccc2)[C@@H](OCc2ccccc2)[C@H](OCc2ccccc2)[C@H]1O. The summed E-state index contributed by atoms with van der Waals surface area (Å²) in [5.41, 5.74) is 3.05. The van der Waals surface area contributed by atoms with E-state index in [1.165, 1.54) is 0 Å². The molecule has 0 bridgehead atoms. The molecule has 6 atom stereocenters. The molecule has 6 heteroatoms. The Hall–Kier alpha value is -2.58. The molecule has 1 heterocycles. The van der Waals surface area contributed by atoms with Gasteiger partial charge in [0, 0.05) is 0 Å². The Balaban J connectivity index is 1.55. The Morgan fingerprint density at radius 3 is 1.65 bits per heavy atom. The number of aliphatic hydroxyl groups is 2. The van der Waals surface area contributed by atoms with Crippen LogP contribution in [0, 0.1) is 5.92 Å². The fourth-order valence-corrected chi connectivity index (χ4v) is 4.54. The summed E-state index contributed by atoms with van der Waals surface area (Å²) < 4.78 is 25.1. The van der Waals surface area contributed by atoms with Crippen molar-refractivity contribution in [1.82, 2.24) is 0 Å². The molecule has 0 spiro atoms. The second kappa shape index (κ2) is 13.8. The van der Waals surface area contributed by atoms with E-state index in [0.717, 1.165) is 16.7 Å². The molecule has 0 unspecified atom stereocenters. The molecule has 2 N–H and O–H groups in total. The van der Waals surface area contributed by atoms with E-state index in [2.05, 4.69) is 0 Å². The van der Waals surface area contributed by atoms with E-state index < -0.39 is 36.6 Å². The molecule has 1 aliphatic rings. The molecule has 1 saturated heterocycles. The predicted octanol–water partition coefficient (Wildman–Crippen LogP) is 4.52. The van der Waals surface area contributed by atoms with Crippen LogP contribution in [0.4, 0.5) is 0 Å². The summed E-state index contributed by atoms with van der Waals surface area (Å²) in [4.78, 5) is 0. The second-order valence-corrected chi connectivity index (χ2v) is 9.89. The van der Waals surface area contributed by atoms with E-state index >= 15 is 0 Å². The van der Waals surface area contributed by atoms with Gasteiger partial charge in [-0.05, 0) is 22.6 Å². The highest BCUT2D eigenvalue weighted by atomic mass is 16.6. The monoisotopic (exact) mass is 506 g/mol. The van der Waals surface area contributed by atoms with Gasteiger partial charge in [0.2, 0.25) is 0 Å². The molecule has 6 nitrogen and oxygen atoms in total. The predicted molar refractivity (Wildman–Crippen MR) is 142 cm³/mol. The minimum atomic E-state index is -1.08. The molecular formula is C31H38O6. The Bertz CT molecular complexity index is 1030. The van der Waals surface area contributed by atoms with Crippen molar-refractivity contribution in [1.29, 1.82) is 0 Å². The smallest absolute Gasteiger partial charge is 0.115 e. The summed E-state index contributed by atoms with van der Waals surface area (Å²) in [5.74, 6) is -0.109. The van der Waals surface area contributed by atoms with Crippen LogP contribution in [0.2, 0.25) is 0 Å². The van der Waals surface area contributed by atoms with E-state index in [-0.39, 0.29) is 12.5 Å². The van der Waals surface area contributed by atoms with Gasteiger partial charge in [0.05, 0.1) is 32.5 Å². The van der Waals surface area contributed by atoms with E-state index in [0.29, 0.717) is 19.8 Å². The molecule has 1 aliphatic heterocycles. The average molecular weight is 507 g/mol. The number of benzene rings is 3. The highest BCUT2D eigenvalue weighted by Crippen LogP contribution is 2.31. The van der Waals surface area contributed by atoms with Crippen molar-refractivity contribution in [3.05, 3.63) is 108 Å². The number of aliphatic hydroxyl groups excluding tert-OH is 2. The van der Waals surface area contributed by atoms with E-state index in [9.17, 15) is 10.2 Å². The Morgan fingerprint density at radius 2 is 1.16 bits per heavy atom. The zero-order valence-corrected chi connectivity index (χ0v) is 21.6. The second-order valence-electron chi connectivity index (χ2n) is 9.89. The van der Waals surface area contributed by atoms with Gasteiger partial charge >= 0.3 is 0 Å². The van der Waals surface area contributed by atoms with Gasteiger partial charge in [-0.3, -0.25) is 0 Å². The maximum atomic E-state index is 11.4. The van der Waals surface area contributed by atoms with Crippen LogP contribution in [-0.4, -0.2) is 53.4 Å².